The van der Waals surface area contributed by atoms with E-state index in [0.717, 1.165) is 24.8 Å². The van der Waals surface area contributed by atoms with Crippen molar-refractivity contribution in [2.75, 3.05) is 26.7 Å². The van der Waals surface area contributed by atoms with Gasteiger partial charge in [0.25, 0.3) is 0 Å². The summed E-state index contributed by atoms with van der Waals surface area (Å²) in [5, 5.41) is 9.06. The van der Waals surface area contributed by atoms with Gasteiger partial charge in [-0.25, -0.2) is 9.59 Å². The van der Waals surface area contributed by atoms with E-state index in [-0.39, 0.29) is 18.1 Å². The van der Waals surface area contributed by atoms with Gasteiger partial charge in [0.2, 0.25) is 0 Å². The third-order valence-electron chi connectivity index (χ3n) is 3.92. The average Bonchev–Trinajstić information content (AvgIpc) is 2.55. The quantitative estimate of drug-likeness (QED) is 0.785. The van der Waals surface area contributed by atoms with Crippen LogP contribution in [0, 0.1) is 0 Å². The minimum absolute atomic E-state index is 0.0505. The van der Waals surface area contributed by atoms with Crippen LogP contribution in [0.25, 0.3) is 0 Å². The number of nitrogens with zero attached hydrogens (tertiary/aromatic N) is 1. The lowest BCUT2D eigenvalue weighted by Crippen LogP contribution is -2.50. The van der Waals surface area contributed by atoms with E-state index < -0.39 is 0 Å². The highest BCUT2D eigenvalue weighted by molar-refractivity contribution is 6.30. The molecule has 0 unspecified atom stereocenters. The first-order valence-corrected chi connectivity index (χ1v) is 8.21. The van der Waals surface area contributed by atoms with Crippen LogP contribution in [0.2, 0.25) is 5.02 Å². The fraction of sp³-hybridized carbons (Fsp3) is 0.500. The second-order valence-electron chi connectivity index (χ2n) is 5.60. The summed E-state index contributed by atoms with van der Waals surface area (Å²) in [4.78, 5) is 25.2. The van der Waals surface area contributed by atoms with Crippen LogP contribution in [-0.2, 0) is 6.42 Å². The smallest absolute Gasteiger partial charge is 0.317 e. The maximum Gasteiger partial charge on any atom is 0.317 e. The maximum absolute atomic E-state index is 12.1. The standard InChI is InChI=1S/C16H23ClN4O2/c1-18-15(22)20-14-6-9-21(10-7-14)16(23)19-8-5-12-3-2-4-13(17)11-12/h2-4,11,14H,5-10H2,1H3,(H,19,23)(H2,18,20,22). The Morgan fingerprint density at radius 2 is 2.04 bits per heavy atom. The van der Waals surface area contributed by atoms with E-state index in [2.05, 4.69) is 16.0 Å². The molecule has 3 N–H and O–H groups in total. The van der Waals surface area contributed by atoms with Crippen molar-refractivity contribution in [2.24, 2.45) is 0 Å². The summed E-state index contributed by atoms with van der Waals surface area (Å²) in [6.07, 6.45) is 2.30. The molecule has 0 spiro atoms. The molecule has 0 atom stereocenters. The Kier molecular flexibility index (Phi) is 6.52. The van der Waals surface area contributed by atoms with Gasteiger partial charge in [-0.3, -0.25) is 0 Å². The Hall–Kier alpha value is -1.95. The van der Waals surface area contributed by atoms with Crippen LogP contribution >= 0.6 is 11.6 Å². The molecule has 6 nitrogen and oxygen atoms in total. The van der Waals surface area contributed by atoms with Crippen molar-refractivity contribution in [2.45, 2.75) is 25.3 Å². The van der Waals surface area contributed by atoms with Crippen molar-refractivity contribution in [3.8, 4) is 0 Å². The molecule has 4 amide bonds. The number of amides is 4. The van der Waals surface area contributed by atoms with Crippen LogP contribution in [0.5, 0.6) is 0 Å². The first kappa shape index (κ1) is 17.4. The summed E-state index contributed by atoms with van der Waals surface area (Å²) in [7, 11) is 1.60. The summed E-state index contributed by atoms with van der Waals surface area (Å²) >= 11 is 5.94. The number of hydrogen-bond acceptors (Lipinski definition) is 2. The SMILES string of the molecule is CNC(=O)NC1CCN(C(=O)NCCc2cccc(Cl)c2)CC1. The molecular formula is C16H23ClN4O2. The number of likely N-dealkylation sites (tertiary alicyclic amines) is 1. The molecular weight excluding hydrogens is 316 g/mol. The van der Waals surface area contributed by atoms with Crippen molar-refractivity contribution >= 4 is 23.7 Å². The highest BCUT2D eigenvalue weighted by atomic mass is 35.5. The van der Waals surface area contributed by atoms with E-state index in [1.165, 1.54) is 0 Å². The van der Waals surface area contributed by atoms with Crippen LogP contribution in [0.1, 0.15) is 18.4 Å². The summed E-state index contributed by atoms with van der Waals surface area (Å²) in [5.41, 5.74) is 1.10. The lowest BCUT2D eigenvalue weighted by atomic mass is 10.1. The molecule has 1 fully saturated rings. The number of rotatable bonds is 4. The fourth-order valence-electron chi connectivity index (χ4n) is 2.60. The highest BCUT2D eigenvalue weighted by Gasteiger charge is 2.23. The van der Waals surface area contributed by atoms with Gasteiger partial charge in [0, 0.05) is 37.7 Å². The molecule has 23 heavy (non-hydrogen) atoms. The molecule has 2 rings (SSSR count). The van der Waals surface area contributed by atoms with Crippen molar-refractivity contribution in [3.63, 3.8) is 0 Å². The Labute approximate surface area is 141 Å². The molecule has 7 heteroatoms. The number of nitrogens with one attached hydrogen (secondary N) is 3. The van der Waals surface area contributed by atoms with Gasteiger partial charge in [-0.1, -0.05) is 23.7 Å². The Morgan fingerprint density at radius 1 is 1.30 bits per heavy atom. The van der Waals surface area contributed by atoms with Crippen molar-refractivity contribution in [1.29, 1.82) is 0 Å². The predicted octanol–water partition coefficient (Wildman–Crippen LogP) is 1.99. The Bertz CT molecular complexity index is 545. The molecule has 126 valence electrons. The zero-order valence-corrected chi connectivity index (χ0v) is 14.0. The number of halogens is 1. The number of hydrogen-bond donors (Lipinski definition) is 3. The number of carbonyl (C=O) groups is 2. The number of urea groups is 2. The van der Waals surface area contributed by atoms with Crippen molar-refractivity contribution in [3.05, 3.63) is 34.9 Å². The van der Waals surface area contributed by atoms with Gasteiger partial charge < -0.3 is 20.9 Å². The van der Waals surface area contributed by atoms with Gasteiger partial charge >= 0.3 is 12.1 Å². The predicted molar refractivity (Wildman–Crippen MR) is 90.7 cm³/mol. The summed E-state index contributed by atoms with van der Waals surface area (Å²) < 4.78 is 0. The zero-order chi connectivity index (χ0) is 16.7. The third kappa shape index (κ3) is 5.63. The van der Waals surface area contributed by atoms with E-state index >= 15 is 0 Å². The second kappa shape index (κ2) is 8.62. The molecule has 1 saturated heterocycles. The topological polar surface area (TPSA) is 73.5 Å². The molecule has 1 aliphatic heterocycles. The van der Waals surface area contributed by atoms with E-state index in [0.29, 0.717) is 24.7 Å². The summed E-state index contributed by atoms with van der Waals surface area (Å²) in [5.74, 6) is 0. The summed E-state index contributed by atoms with van der Waals surface area (Å²) in [6, 6.07) is 7.55. The largest absolute Gasteiger partial charge is 0.341 e. The van der Waals surface area contributed by atoms with Crippen molar-refractivity contribution < 1.29 is 9.59 Å². The van der Waals surface area contributed by atoms with Crippen molar-refractivity contribution in [1.82, 2.24) is 20.9 Å². The van der Waals surface area contributed by atoms with Crippen LogP contribution in [0.3, 0.4) is 0 Å². The number of benzene rings is 1. The number of piperidine rings is 1. The minimum atomic E-state index is -0.172. The zero-order valence-electron chi connectivity index (χ0n) is 13.3. The van der Waals surface area contributed by atoms with Gasteiger partial charge in [-0.15, -0.1) is 0 Å². The van der Waals surface area contributed by atoms with Crippen LogP contribution in [0.15, 0.2) is 24.3 Å². The van der Waals surface area contributed by atoms with Crippen LogP contribution in [0.4, 0.5) is 9.59 Å². The molecule has 0 aromatic heterocycles. The van der Waals surface area contributed by atoms with Crippen LogP contribution in [-0.4, -0.2) is 49.7 Å². The third-order valence-corrected chi connectivity index (χ3v) is 4.16. The fourth-order valence-corrected chi connectivity index (χ4v) is 2.82. The molecule has 1 aromatic carbocycles. The number of carbonyl (C=O) groups excluding carboxylic acids is 2. The molecule has 0 saturated carbocycles. The van der Waals surface area contributed by atoms with E-state index in [1.54, 1.807) is 11.9 Å². The lowest BCUT2D eigenvalue weighted by Gasteiger charge is -2.32. The molecule has 0 aliphatic carbocycles. The average molecular weight is 339 g/mol. The van der Waals surface area contributed by atoms with E-state index in [9.17, 15) is 9.59 Å². The molecule has 1 aliphatic rings. The molecule has 0 bridgehead atoms. The first-order chi connectivity index (χ1) is 11.1. The van der Waals surface area contributed by atoms with Gasteiger partial charge in [0.15, 0.2) is 0 Å². The molecule has 1 heterocycles. The molecule has 0 radical (unpaired) electrons. The van der Waals surface area contributed by atoms with Gasteiger partial charge in [0.1, 0.15) is 0 Å². The van der Waals surface area contributed by atoms with Crippen LogP contribution < -0.4 is 16.0 Å². The van der Waals surface area contributed by atoms with Gasteiger partial charge in [-0.05, 0) is 37.0 Å². The Morgan fingerprint density at radius 3 is 2.70 bits per heavy atom. The highest BCUT2D eigenvalue weighted by Crippen LogP contribution is 2.12. The summed E-state index contributed by atoms with van der Waals surface area (Å²) in [6.45, 7) is 1.88. The van der Waals surface area contributed by atoms with Gasteiger partial charge in [-0.2, -0.15) is 0 Å². The van der Waals surface area contributed by atoms with E-state index in [4.69, 9.17) is 11.6 Å². The second-order valence-corrected chi connectivity index (χ2v) is 6.03. The minimum Gasteiger partial charge on any atom is -0.341 e. The lowest BCUT2D eigenvalue weighted by molar-refractivity contribution is 0.176. The van der Waals surface area contributed by atoms with Gasteiger partial charge in [0.05, 0.1) is 0 Å². The van der Waals surface area contributed by atoms with E-state index in [1.807, 2.05) is 24.3 Å². The maximum atomic E-state index is 12.1. The monoisotopic (exact) mass is 338 g/mol. The first-order valence-electron chi connectivity index (χ1n) is 7.84. The normalized spacial score (nSPS) is 15.1. The Balaban J connectivity index is 1.68. The molecule has 1 aromatic rings.